The highest BCUT2D eigenvalue weighted by Gasteiger charge is 2.20. The molecule has 1 N–H and O–H groups in total. The number of alkyl halides is 2. The zero-order valence-electron chi connectivity index (χ0n) is 13.4. The van der Waals surface area contributed by atoms with Crippen molar-refractivity contribution in [2.24, 2.45) is 0 Å². The van der Waals surface area contributed by atoms with Crippen LogP contribution in [0.3, 0.4) is 0 Å². The van der Waals surface area contributed by atoms with Gasteiger partial charge >= 0.3 is 6.61 Å². The Labute approximate surface area is 135 Å². The fraction of sp³-hybridized carbons (Fsp3) is 0.625. The monoisotopic (exact) mass is 330 g/mol. The number of hydrogen-bond donors (Lipinski definition) is 1. The molecule has 1 aromatic carbocycles. The number of para-hydroxylation sites is 1. The fourth-order valence-corrected chi connectivity index (χ4v) is 2.73. The minimum absolute atomic E-state index is 0.127. The summed E-state index contributed by atoms with van der Waals surface area (Å²) >= 11 is 0. The number of β-amino-alcohol motifs (C(OH)–C–C–N with tert-alkyl or cyclic N) is 1. The van der Waals surface area contributed by atoms with E-state index in [1.165, 1.54) is 0 Å². The summed E-state index contributed by atoms with van der Waals surface area (Å²) in [4.78, 5) is 4.38. The smallest absolute Gasteiger partial charge is 0.387 e. The summed E-state index contributed by atoms with van der Waals surface area (Å²) in [5.74, 6) is 0.478. The van der Waals surface area contributed by atoms with E-state index in [9.17, 15) is 8.78 Å². The van der Waals surface area contributed by atoms with Crippen molar-refractivity contribution in [2.75, 3.05) is 45.9 Å². The van der Waals surface area contributed by atoms with Gasteiger partial charge in [-0.1, -0.05) is 12.1 Å². The van der Waals surface area contributed by atoms with Crippen LogP contribution in [0.4, 0.5) is 8.78 Å². The van der Waals surface area contributed by atoms with Gasteiger partial charge in [-0.15, -0.1) is 0 Å². The number of benzene rings is 1. The van der Waals surface area contributed by atoms with Crippen LogP contribution in [-0.2, 0) is 6.54 Å². The van der Waals surface area contributed by atoms with Crippen molar-refractivity contribution in [3.63, 3.8) is 0 Å². The topological polar surface area (TPSA) is 45.2 Å². The molecule has 1 saturated heterocycles. The average Bonchev–Trinajstić information content (AvgIpc) is 2.52. The number of aliphatic hydroxyl groups excluding tert-OH is 1. The van der Waals surface area contributed by atoms with Gasteiger partial charge in [0.2, 0.25) is 0 Å². The summed E-state index contributed by atoms with van der Waals surface area (Å²) in [5, 5.41) is 8.96. The molecule has 130 valence electrons. The Hall–Kier alpha value is -1.44. The molecular formula is C16H24F2N2O3. The first-order valence-electron chi connectivity index (χ1n) is 7.89. The molecule has 5 nitrogen and oxygen atoms in total. The average molecular weight is 330 g/mol. The quantitative estimate of drug-likeness (QED) is 0.787. The first-order chi connectivity index (χ1) is 11.1. The Morgan fingerprint density at radius 2 is 1.87 bits per heavy atom. The minimum Gasteiger partial charge on any atom is -0.490 e. The van der Waals surface area contributed by atoms with Gasteiger partial charge in [0.05, 0.1) is 13.2 Å². The molecule has 1 aliphatic heterocycles. The third kappa shape index (κ3) is 5.30. The summed E-state index contributed by atoms with van der Waals surface area (Å²) in [6, 6.07) is 5.23. The second-order valence-electron chi connectivity index (χ2n) is 5.40. The van der Waals surface area contributed by atoms with Crippen LogP contribution in [0, 0.1) is 0 Å². The van der Waals surface area contributed by atoms with Gasteiger partial charge in [0.1, 0.15) is 0 Å². The molecule has 0 bridgehead atoms. The summed E-state index contributed by atoms with van der Waals surface area (Å²) in [7, 11) is 0. The van der Waals surface area contributed by atoms with E-state index in [1.807, 2.05) is 0 Å². The highest BCUT2D eigenvalue weighted by Crippen LogP contribution is 2.33. The zero-order chi connectivity index (χ0) is 16.7. The van der Waals surface area contributed by atoms with E-state index < -0.39 is 6.61 Å². The molecule has 0 atom stereocenters. The Bertz CT molecular complexity index is 480. The Morgan fingerprint density at radius 3 is 2.48 bits per heavy atom. The molecule has 0 radical (unpaired) electrons. The van der Waals surface area contributed by atoms with Crippen LogP contribution in [-0.4, -0.2) is 67.5 Å². The SMILES string of the molecule is CCOc1cccc(CN2CCN(CCO)CC2)c1OC(F)F. The maximum absolute atomic E-state index is 12.7. The van der Waals surface area contributed by atoms with Crippen LogP contribution in [0.2, 0.25) is 0 Å². The van der Waals surface area contributed by atoms with Crippen molar-refractivity contribution in [1.82, 2.24) is 9.80 Å². The lowest BCUT2D eigenvalue weighted by atomic mass is 10.1. The lowest BCUT2D eigenvalue weighted by Gasteiger charge is -2.34. The van der Waals surface area contributed by atoms with Gasteiger partial charge in [-0.2, -0.15) is 8.78 Å². The maximum Gasteiger partial charge on any atom is 0.387 e. The van der Waals surface area contributed by atoms with Crippen molar-refractivity contribution in [3.8, 4) is 11.5 Å². The molecule has 7 heteroatoms. The zero-order valence-corrected chi connectivity index (χ0v) is 13.4. The summed E-state index contributed by atoms with van der Waals surface area (Å²) in [6.45, 7) is 4.05. The molecule has 1 aliphatic rings. The molecule has 0 saturated carbocycles. The normalized spacial score (nSPS) is 16.7. The predicted octanol–water partition coefficient (Wildman–Crippen LogP) is 1.80. The van der Waals surface area contributed by atoms with Gasteiger partial charge in [0.15, 0.2) is 11.5 Å². The Balaban J connectivity index is 2.05. The van der Waals surface area contributed by atoms with Crippen molar-refractivity contribution < 1.29 is 23.4 Å². The molecular weight excluding hydrogens is 306 g/mol. The van der Waals surface area contributed by atoms with E-state index >= 15 is 0 Å². The molecule has 0 aromatic heterocycles. The number of nitrogens with zero attached hydrogens (tertiary/aromatic N) is 2. The molecule has 0 aliphatic carbocycles. The molecule has 1 aromatic rings. The number of ether oxygens (including phenoxy) is 2. The molecule has 1 fully saturated rings. The van der Waals surface area contributed by atoms with Crippen LogP contribution in [0.1, 0.15) is 12.5 Å². The number of aliphatic hydroxyl groups is 1. The van der Waals surface area contributed by atoms with Crippen LogP contribution in [0.5, 0.6) is 11.5 Å². The first-order valence-corrected chi connectivity index (χ1v) is 7.89. The number of halogens is 2. The van der Waals surface area contributed by atoms with Crippen LogP contribution >= 0.6 is 0 Å². The predicted molar refractivity (Wildman–Crippen MR) is 83.0 cm³/mol. The lowest BCUT2D eigenvalue weighted by Crippen LogP contribution is -2.46. The highest BCUT2D eigenvalue weighted by molar-refractivity contribution is 5.46. The number of rotatable bonds is 8. The van der Waals surface area contributed by atoms with E-state index in [0.29, 0.717) is 31.0 Å². The summed E-state index contributed by atoms with van der Waals surface area (Å²) < 4.78 is 35.5. The maximum atomic E-state index is 12.7. The number of piperazine rings is 1. The number of hydrogen-bond acceptors (Lipinski definition) is 5. The van der Waals surface area contributed by atoms with Gasteiger partial charge in [-0.25, -0.2) is 0 Å². The van der Waals surface area contributed by atoms with E-state index in [4.69, 9.17) is 14.6 Å². The molecule has 2 rings (SSSR count). The summed E-state index contributed by atoms with van der Waals surface area (Å²) in [5.41, 5.74) is 0.701. The van der Waals surface area contributed by atoms with Gasteiger partial charge in [-0.3, -0.25) is 9.80 Å². The van der Waals surface area contributed by atoms with Crippen LogP contribution < -0.4 is 9.47 Å². The first kappa shape index (κ1) is 17.9. The van der Waals surface area contributed by atoms with Crippen molar-refractivity contribution in [1.29, 1.82) is 0 Å². The molecule has 23 heavy (non-hydrogen) atoms. The lowest BCUT2D eigenvalue weighted by molar-refractivity contribution is -0.0525. The third-order valence-corrected chi connectivity index (χ3v) is 3.84. The highest BCUT2D eigenvalue weighted by atomic mass is 19.3. The van der Waals surface area contributed by atoms with Gasteiger partial charge in [0.25, 0.3) is 0 Å². The van der Waals surface area contributed by atoms with Gasteiger partial charge in [0, 0.05) is 44.8 Å². The molecule has 0 spiro atoms. The van der Waals surface area contributed by atoms with Crippen LogP contribution in [0.15, 0.2) is 18.2 Å². The third-order valence-electron chi connectivity index (χ3n) is 3.84. The van der Waals surface area contributed by atoms with E-state index in [-0.39, 0.29) is 12.4 Å². The Kier molecular flexibility index (Phi) is 7.01. The fourth-order valence-electron chi connectivity index (χ4n) is 2.73. The van der Waals surface area contributed by atoms with E-state index in [1.54, 1.807) is 25.1 Å². The van der Waals surface area contributed by atoms with Crippen LogP contribution in [0.25, 0.3) is 0 Å². The van der Waals surface area contributed by atoms with Gasteiger partial charge < -0.3 is 14.6 Å². The minimum atomic E-state index is -2.88. The largest absolute Gasteiger partial charge is 0.490 e. The second-order valence-corrected chi connectivity index (χ2v) is 5.40. The standard InChI is InChI=1S/C16H24F2N2O3/c1-2-22-14-5-3-4-13(15(14)23-16(17)18)12-20-8-6-19(7-9-20)10-11-21/h3-5,16,21H,2,6-12H2,1H3. The Morgan fingerprint density at radius 1 is 1.17 bits per heavy atom. The van der Waals surface area contributed by atoms with E-state index in [2.05, 4.69) is 9.80 Å². The molecule has 0 amide bonds. The van der Waals surface area contributed by atoms with Gasteiger partial charge in [-0.05, 0) is 13.0 Å². The van der Waals surface area contributed by atoms with Crippen molar-refractivity contribution in [3.05, 3.63) is 23.8 Å². The van der Waals surface area contributed by atoms with Crippen molar-refractivity contribution >= 4 is 0 Å². The molecule has 0 unspecified atom stereocenters. The summed E-state index contributed by atoms with van der Waals surface area (Å²) in [6.07, 6.45) is 0. The molecule has 1 heterocycles. The van der Waals surface area contributed by atoms with Crippen molar-refractivity contribution in [2.45, 2.75) is 20.1 Å². The van der Waals surface area contributed by atoms with E-state index in [0.717, 1.165) is 26.2 Å². The second kappa shape index (κ2) is 9.00.